The lowest BCUT2D eigenvalue weighted by atomic mass is 10.1. The Morgan fingerprint density at radius 3 is 2.11 bits per heavy atom. The molecule has 0 saturated heterocycles. The number of amides is 2. The first kappa shape index (κ1) is 20.6. The third-order valence-corrected chi connectivity index (χ3v) is 3.87. The first-order valence-corrected chi connectivity index (χ1v) is 8.31. The number of esters is 2. The monoisotopic (exact) mass is 384 g/mol. The van der Waals surface area contributed by atoms with Crippen molar-refractivity contribution in [3.8, 4) is 0 Å². The topological polar surface area (TPSA) is 111 Å². The molecule has 0 aliphatic carbocycles. The van der Waals surface area contributed by atoms with Gasteiger partial charge in [0.15, 0.2) is 0 Å². The summed E-state index contributed by atoms with van der Waals surface area (Å²) in [4.78, 5) is 47.9. The SMILES string of the molecule is COC(=O)c1ccc(C(=O)OC)c(NC(=O)C(=O)NCc2ccc(C)cc2)c1. The Hall–Kier alpha value is -3.68. The molecule has 0 fully saturated rings. The molecule has 0 aliphatic heterocycles. The van der Waals surface area contributed by atoms with Crippen LogP contribution in [0.3, 0.4) is 0 Å². The van der Waals surface area contributed by atoms with Gasteiger partial charge in [0.2, 0.25) is 0 Å². The first-order valence-electron chi connectivity index (χ1n) is 8.31. The summed E-state index contributed by atoms with van der Waals surface area (Å²) in [5.41, 5.74) is 1.97. The minimum absolute atomic E-state index is 0.00478. The molecule has 0 aromatic heterocycles. The summed E-state index contributed by atoms with van der Waals surface area (Å²) in [7, 11) is 2.38. The zero-order valence-corrected chi connectivity index (χ0v) is 15.7. The molecule has 0 radical (unpaired) electrons. The van der Waals surface area contributed by atoms with Gasteiger partial charge in [0, 0.05) is 6.54 Å². The molecule has 0 spiro atoms. The van der Waals surface area contributed by atoms with Crippen LogP contribution in [0, 0.1) is 6.92 Å². The van der Waals surface area contributed by atoms with Gasteiger partial charge in [-0.3, -0.25) is 9.59 Å². The lowest BCUT2D eigenvalue weighted by Gasteiger charge is -2.11. The Kier molecular flexibility index (Phi) is 6.86. The van der Waals surface area contributed by atoms with Gasteiger partial charge < -0.3 is 20.1 Å². The fourth-order valence-electron chi connectivity index (χ4n) is 2.33. The van der Waals surface area contributed by atoms with Gasteiger partial charge in [-0.25, -0.2) is 9.59 Å². The second-order valence-electron chi connectivity index (χ2n) is 5.87. The number of aryl methyl sites for hydroxylation is 1. The van der Waals surface area contributed by atoms with Crippen LogP contribution in [0.4, 0.5) is 5.69 Å². The van der Waals surface area contributed by atoms with Crippen LogP contribution in [0.1, 0.15) is 31.8 Å². The molecule has 2 aromatic rings. The molecule has 28 heavy (non-hydrogen) atoms. The van der Waals surface area contributed by atoms with Crippen molar-refractivity contribution in [3.63, 3.8) is 0 Å². The largest absolute Gasteiger partial charge is 0.465 e. The predicted molar refractivity (Wildman–Crippen MR) is 101 cm³/mol. The third kappa shape index (κ3) is 5.16. The van der Waals surface area contributed by atoms with Gasteiger partial charge in [0.1, 0.15) is 0 Å². The van der Waals surface area contributed by atoms with E-state index in [9.17, 15) is 19.2 Å². The van der Waals surface area contributed by atoms with Crippen molar-refractivity contribution < 1.29 is 28.7 Å². The smallest absolute Gasteiger partial charge is 0.339 e. The zero-order valence-electron chi connectivity index (χ0n) is 15.7. The molecule has 8 nitrogen and oxygen atoms in total. The van der Waals surface area contributed by atoms with Crippen LogP contribution in [0.15, 0.2) is 42.5 Å². The number of methoxy groups -OCH3 is 2. The van der Waals surface area contributed by atoms with Gasteiger partial charge in [-0.1, -0.05) is 29.8 Å². The molecule has 0 heterocycles. The molecular formula is C20H20N2O6. The molecule has 146 valence electrons. The molecule has 0 unspecified atom stereocenters. The summed E-state index contributed by atoms with van der Waals surface area (Å²) >= 11 is 0. The highest BCUT2D eigenvalue weighted by Gasteiger charge is 2.20. The number of rotatable bonds is 5. The van der Waals surface area contributed by atoms with Crippen LogP contribution in [0.25, 0.3) is 0 Å². The lowest BCUT2D eigenvalue weighted by molar-refractivity contribution is -0.136. The van der Waals surface area contributed by atoms with E-state index in [4.69, 9.17) is 0 Å². The summed E-state index contributed by atoms with van der Waals surface area (Å²) in [5, 5.41) is 4.82. The van der Waals surface area contributed by atoms with E-state index in [2.05, 4.69) is 20.1 Å². The predicted octanol–water partition coefficient (Wildman–Crippen LogP) is 1.82. The minimum atomic E-state index is -0.987. The third-order valence-electron chi connectivity index (χ3n) is 3.87. The molecule has 0 aliphatic rings. The maximum Gasteiger partial charge on any atom is 0.339 e. The average molecular weight is 384 g/mol. The van der Waals surface area contributed by atoms with Crippen LogP contribution in [0.2, 0.25) is 0 Å². The fourth-order valence-corrected chi connectivity index (χ4v) is 2.33. The van der Waals surface area contributed by atoms with Crippen molar-refractivity contribution in [2.45, 2.75) is 13.5 Å². The van der Waals surface area contributed by atoms with E-state index in [1.807, 2.05) is 31.2 Å². The lowest BCUT2D eigenvalue weighted by Crippen LogP contribution is -2.35. The fraction of sp³-hybridized carbons (Fsp3) is 0.200. The van der Waals surface area contributed by atoms with Gasteiger partial charge in [-0.05, 0) is 30.7 Å². The molecule has 0 bridgehead atoms. The second kappa shape index (κ2) is 9.31. The van der Waals surface area contributed by atoms with E-state index in [0.717, 1.165) is 11.1 Å². The molecule has 2 rings (SSSR count). The zero-order chi connectivity index (χ0) is 20.7. The van der Waals surface area contributed by atoms with Gasteiger partial charge in [0.25, 0.3) is 0 Å². The Morgan fingerprint density at radius 1 is 0.857 bits per heavy atom. The highest BCUT2D eigenvalue weighted by atomic mass is 16.5. The molecule has 0 saturated carbocycles. The van der Waals surface area contributed by atoms with Crippen molar-refractivity contribution in [2.24, 2.45) is 0 Å². The maximum absolute atomic E-state index is 12.2. The average Bonchev–Trinajstić information content (AvgIpc) is 2.71. The quantitative estimate of drug-likeness (QED) is 0.601. The molecule has 0 atom stereocenters. The summed E-state index contributed by atoms with van der Waals surface area (Å²) < 4.78 is 9.27. The van der Waals surface area contributed by atoms with Crippen molar-refractivity contribution in [2.75, 3.05) is 19.5 Å². The number of benzene rings is 2. The second-order valence-corrected chi connectivity index (χ2v) is 5.87. The van der Waals surface area contributed by atoms with E-state index in [1.54, 1.807) is 0 Å². The van der Waals surface area contributed by atoms with Crippen molar-refractivity contribution in [1.29, 1.82) is 0 Å². The van der Waals surface area contributed by atoms with Crippen molar-refractivity contribution in [3.05, 3.63) is 64.7 Å². The Balaban J connectivity index is 2.13. The number of anilines is 1. The number of hydrogen-bond donors (Lipinski definition) is 2. The number of ether oxygens (including phenoxy) is 2. The molecule has 2 amide bonds. The standard InChI is InChI=1S/C20H20N2O6/c1-12-4-6-13(7-5-12)11-21-17(23)18(24)22-16-10-14(19(25)27-2)8-9-15(16)20(26)28-3/h4-10H,11H2,1-3H3,(H,21,23)(H,22,24). The Bertz CT molecular complexity index is 905. The Labute approximate surface area is 161 Å². The van der Waals surface area contributed by atoms with Crippen LogP contribution >= 0.6 is 0 Å². The number of carbonyl (C=O) groups excluding carboxylic acids is 4. The van der Waals surface area contributed by atoms with E-state index >= 15 is 0 Å². The minimum Gasteiger partial charge on any atom is -0.465 e. The molecule has 2 N–H and O–H groups in total. The van der Waals surface area contributed by atoms with Gasteiger partial charge in [-0.15, -0.1) is 0 Å². The summed E-state index contributed by atoms with van der Waals surface area (Å²) in [5.74, 6) is -3.26. The number of carbonyl (C=O) groups is 4. The van der Waals surface area contributed by atoms with Gasteiger partial charge in [-0.2, -0.15) is 0 Å². The van der Waals surface area contributed by atoms with E-state index in [-0.39, 0.29) is 23.4 Å². The van der Waals surface area contributed by atoms with Crippen LogP contribution in [-0.4, -0.2) is 38.0 Å². The number of nitrogens with one attached hydrogen (secondary N) is 2. The van der Waals surface area contributed by atoms with Crippen molar-refractivity contribution >= 4 is 29.4 Å². The normalized spacial score (nSPS) is 9.96. The Morgan fingerprint density at radius 2 is 1.50 bits per heavy atom. The molecule has 8 heteroatoms. The summed E-state index contributed by atoms with van der Waals surface area (Å²) in [6.07, 6.45) is 0. The molecule has 2 aromatic carbocycles. The first-order chi connectivity index (χ1) is 13.3. The van der Waals surface area contributed by atoms with Crippen LogP contribution in [-0.2, 0) is 25.6 Å². The summed E-state index contributed by atoms with van der Waals surface area (Å²) in [6, 6.07) is 11.3. The van der Waals surface area contributed by atoms with Gasteiger partial charge in [0.05, 0.1) is 31.0 Å². The summed E-state index contributed by atoms with van der Waals surface area (Å²) in [6.45, 7) is 2.11. The van der Waals surface area contributed by atoms with E-state index in [1.165, 1.54) is 32.4 Å². The number of hydrogen-bond acceptors (Lipinski definition) is 6. The van der Waals surface area contributed by atoms with E-state index in [0.29, 0.717) is 0 Å². The highest BCUT2D eigenvalue weighted by Crippen LogP contribution is 2.19. The van der Waals surface area contributed by atoms with Gasteiger partial charge >= 0.3 is 23.8 Å². The highest BCUT2D eigenvalue weighted by molar-refractivity contribution is 6.40. The van der Waals surface area contributed by atoms with E-state index < -0.39 is 23.8 Å². The molecular weight excluding hydrogens is 364 g/mol. The van der Waals surface area contributed by atoms with Crippen molar-refractivity contribution in [1.82, 2.24) is 5.32 Å². The van der Waals surface area contributed by atoms with Crippen LogP contribution < -0.4 is 10.6 Å². The van der Waals surface area contributed by atoms with Crippen LogP contribution in [0.5, 0.6) is 0 Å². The maximum atomic E-state index is 12.2.